The lowest BCUT2D eigenvalue weighted by molar-refractivity contribution is 0.719. The van der Waals surface area contributed by atoms with E-state index >= 15 is 0 Å². The van der Waals surface area contributed by atoms with Crippen LogP contribution in [0.2, 0.25) is 5.02 Å². The Hall–Kier alpha value is -0.520. The minimum absolute atomic E-state index is 0.661. The first-order valence-electron chi connectivity index (χ1n) is 5.56. The summed E-state index contributed by atoms with van der Waals surface area (Å²) in [5, 5.41) is 6.09. The Balaban J connectivity index is 2.10. The van der Waals surface area contributed by atoms with E-state index in [4.69, 9.17) is 11.6 Å². The average Bonchev–Trinajstić information content (AvgIpc) is 2.64. The van der Waals surface area contributed by atoms with Crippen molar-refractivity contribution in [2.24, 2.45) is 7.05 Å². The van der Waals surface area contributed by atoms with E-state index < -0.39 is 0 Å². The first-order valence-corrected chi connectivity index (χ1v) is 7.72. The van der Waals surface area contributed by atoms with E-state index in [1.165, 1.54) is 5.69 Å². The van der Waals surface area contributed by atoms with Crippen molar-refractivity contribution in [2.45, 2.75) is 24.1 Å². The molecule has 18 heavy (non-hydrogen) atoms. The highest BCUT2D eigenvalue weighted by Crippen LogP contribution is 2.28. The highest BCUT2D eigenvalue weighted by atomic mass is 79.9. The second-order valence-electron chi connectivity index (χ2n) is 3.79. The van der Waals surface area contributed by atoms with Gasteiger partial charge >= 0.3 is 0 Å². The highest BCUT2D eigenvalue weighted by Gasteiger charge is 2.12. The number of hydrogen-bond donors (Lipinski definition) is 0. The fourth-order valence-corrected chi connectivity index (χ4v) is 3.53. The largest absolute Gasteiger partial charge is 0.270 e. The fraction of sp³-hybridized carbons (Fsp3) is 0.333. The van der Waals surface area contributed by atoms with Crippen LogP contribution in [0.3, 0.4) is 0 Å². The number of pyridine rings is 1. The Bertz CT molecular complexity index is 539. The summed E-state index contributed by atoms with van der Waals surface area (Å²) in [6.45, 7) is 2.10. The van der Waals surface area contributed by atoms with E-state index in [0.29, 0.717) is 5.02 Å². The standard InChI is InChI=1S/C12H13BrClN3S/c1-3-9-12(13)10(17(2)16-9)7-18-11-5-4-8(14)6-15-11/h4-6H,3,7H2,1-2H3. The van der Waals surface area contributed by atoms with Crippen LogP contribution in [0.5, 0.6) is 0 Å². The minimum Gasteiger partial charge on any atom is -0.270 e. The molecule has 3 nitrogen and oxygen atoms in total. The fourth-order valence-electron chi connectivity index (χ4n) is 1.57. The smallest absolute Gasteiger partial charge is 0.0964 e. The number of thioether (sulfide) groups is 1. The molecule has 0 amide bonds. The second-order valence-corrected chi connectivity index (χ2v) is 6.01. The number of aryl methyl sites for hydroxylation is 2. The number of halogens is 2. The average molecular weight is 347 g/mol. The molecule has 2 aromatic heterocycles. The Morgan fingerprint density at radius 3 is 2.78 bits per heavy atom. The molecule has 2 heterocycles. The lowest BCUT2D eigenvalue weighted by atomic mass is 10.3. The lowest BCUT2D eigenvalue weighted by Gasteiger charge is -2.02. The van der Waals surface area contributed by atoms with Gasteiger partial charge in [0.2, 0.25) is 0 Å². The summed E-state index contributed by atoms with van der Waals surface area (Å²) < 4.78 is 3.03. The molecule has 0 N–H and O–H groups in total. The van der Waals surface area contributed by atoms with Gasteiger partial charge in [0, 0.05) is 19.0 Å². The molecular weight excluding hydrogens is 334 g/mol. The molecule has 0 spiro atoms. The molecule has 0 fully saturated rings. The zero-order valence-electron chi connectivity index (χ0n) is 10.2. The number of hydrogen-bond acceptors (Lipinski definition) is 3. The molecule has 0 aromatic carbocycles. The van der Waals surface area contributed by atoms with Crippen molar-refractivity contribution in [1.82, 2.24) is 14.8 Å². The Labute approximate surface area is 124 Å². The maximum atomic E-state index is 5.81. The SMILES string of the molecule is CCc1nn(C)c(CSc2ccc(Cl)cn2)c1Br. The third kappa shape index (κ3) is 3.08. The van der Waals surface area contributed by atoms with Crippen LogP contribution >= 0.6 is 39.3 Å². The molecule has 6 heteroatoms. The summed E-state index contributed by atoms with van der Waals surface area (Å²) in [6, 6.07) is 3.78. The van der Waals surface area contributed by atoms with E-state index in [1.807, 2.05) is 23.9 Å². The molecule has 0 aliphatic heterocycles. The van der Waals surface area contributed by atoms with E-state index in [9.17, 15) is 0 Å². The van der Waals surface area contributed by atoms with E-state index in [1.54, 1.807) is 18.0 Å². The summed E-state index contributed by atoms with van der Waals surface area (Å²) in [5.74, 6) is 0.832. The molecule has 0 bridgehead atoms. The Kier molecular flexibility index (Phi) is 4.70. The molecule has 0 saturated heterocycles. The third-order valence-corrected chi connectivity index (χ3v) is 4.65. The van der Waals surface area contributed by atoms with Gasteiger partial charge in [-0.25, -0.2) is 4.98 Å². The van der Waals surface area contributed by atoms with Gasteiger partial charge in [0.1, 0.15) is 0 Å². The highest BCUT2D eigenvalue weighted by molar-refractivity contribution is 9.10. The van der Waals surface area contributed by atoms with Gasteiger partial charge in [0.05, 0.1) is 25.9 Å². The van der Waals surface area contributed by atoms with Crippen molar-refractivity contribution in [3.8, 4) is 0 Å². The summed E-state index contributed by atoms with van der Waals surface area (Å²) in [7, 11) is 1.97. The predicted molar refractivity (Wildman–Crippen MR) is 79.1 cm³/mol. The molecule has 2 aromatic rings. The monoisotopic (exact) mass is 345 g/mol. The molecule has 0 unspecified atom stereocenters. The van der Waals surface area contributed by atoms with Gasteiger partial charge in [-0.2, -0.15) is 5.10 Å². The number of rotatable bonds is 4. The van der Waals surface area contributed by atoms with Gasteiger partial charge in [-0.15, -0.1) is 11.8 Å². The van der Waals surface area contributed by atoms with E-state index in [0.717, 1.165) is 27.4 Å². The van der Waals surface area contributed by atoms with Crippen LogP contribution in [0.25, 0.3) is 0 Å². The van der Waals surface area contributed by atoms with Crippen LogP contribution in [-0.2, 0) is 19.2 Å². The van der Waals surface area contributed by atoms with Crippen LogP contribution in [0.1, 0.15) is 18.3 Å². The summed E-state index contributed by atoms with van der Waals surface area (Å²) in [6.07, 6.45) is 2.60. The van der Waals surface area contributed by atoms with Crippen molar-refractivity contribution in [2.75, 3.05) is 0 Å². The van der Waals surface area contributed by atoms with Crippen molar-refractivity contribution >= 4 is 39.3 Å². The van der Waals surface area contributed by atoms with Gasteiger partial charge in [-0.1, -0.05) is 18.5 Å². The van der Waals surface area contributed by atoms with Gasteiger partial charge in [0.15, 0.2) is 0 Å². The van der Waals surface area contributed by atoms with Crippen molar-refractivity contribution in [1.29, 1.82) is 0 Å². The number of nitrogens with zero attached hydrogens (tertiary/aromatic N) is 3. The molecule has 96 valence electrons. The zero-order valence-corrected chi connectivity index (χ0v) is 13.3. The quantitative estimate of drug-likeness (QED) is 0.781. The van der Waals surface area contributed by atoms with Crippen LogP contribution in [-0.4, -0.2) is 14.8 Å². The summed E-state index contributed by atoms with van der Waals surface area (Å²) >= 11 is 11.1. The molecule has 0 aliphatic carbocycles. The zero-order chi connectivity index (χ0) is 13.1. The minimum atomic E-state index is 0.661. The first-order chi connectivity index (χ1) is 8.61. The topological polar surface area (TPSA) is 30.7 Å². The molecule has 0 atom stereocenters. The maximum Gasteiger partial charge on any atom is 0.0964 e. The first kappa shape index (κ1) is 13.9. The normalized spacial score (nSPS) is 10.9. The van der Waals surface area contributed by atoms with Crippen LogP contribution in [0.15, 0.2) is 27.8 Å². The molecule has 0 saturated carbocycles. The van der Waals surface area contributed by atoms with Crippen molar-refractivity contribution in [3.05, 3.63) is 39.2 Å². The van der Waals surface area contributed by atoms with Gasteiger partial charge in [-0.05, 0) is 34.5 Å². The summed E-state index contributed by atoms with van der Waals surface area (Å²) in [5.41, 5.74) is 2.27. The van der Waals surface area contributed by atoms with E-state index in [-0.39, 0.29) is 0 Å². The maximum absolute atomic E-state index is 5.81. The van der Waals surface area contributed by atoms with Crippen LogP contribution < -0.4 is 0 Å². The van der Waals surface area contributed by atoms with E-state index in [2.05, 4.69) is 32.9 Å². The molecule has 2 rings (SSSR count). The Morgan fingerprint density at radius 2 is 2.22 bits per heavy atom. The third-order valence-electron chi connectivity index (χ3n) is 2.56. The molecule has 0 radical (unpaired) electrons. The Morgan fingerprint density at radius 1 is 1.44 bits per heavy atom. The van der Waals surface area contributed by atoms with Crippen LogP contribution in [0, 0.1) is 0 Å². The van der Waals surface area contributed by atoms with Gasteiger partial charge < -0.3 is 0 Å². The molecular formula is C12H13BrClN3S. The lowest BCUT2D eigenvalue weighted by Crippen LogP contribution is -1.97. The van der Waals surface area contributed by atoms with Crippen molar-refractivity contribution < 1.29 is 0 Å². The predicted octanol–water partition coefficient (Wildman–Crippen LogP) is 4.09. The summed E-state index contributed by atoms with van der Waals surface area (Å²) in [4.78, 5) is 4.27. The second kappa shape index (κ2) is 6.08. The van der Waals surface area contributed by atoms with Crippen molar-refractivity contribution in [3.63, 3.8) is 0 Å². The van der Waals surface area contributed by atoms with Crippen LogP contribution in [0.4, 0.5) is 0 Å². The molecule has 0 aliphatic rings. The number of aromatic nitrogens is 3. The van der Waals surface area contributed by atoms with Gasteiger partial charge in [-0.3, -0.25) is 4.68 Å². The van der Waals surface area contributed by atoms with Gasteiger partial charge in [0.25, 0.3) is 0 Å².